The first-order valence-corrected chi connectivity index (χ1v) is 8.16. The second kappa shape index (κ2) is 4.72. The Hall–Kier alpha value is 0.947. The zero-order valence-corrected chi connectivity index (χ0v) is 9.86. The van der Waals surface area contributed by atoms with Gasteiger partial charge in [-0.15, -0.1) is 0 Å². The van der Waals surface area contributed by atoms with Crippen molar-refractivity contribution in [2.75, 3.05) is 4.05 Å². The molecule has 0 bridgehead atoms. The Bertz CT molecular complexity index is 51.8. The van der Waals surface area contributed by atoms with Crippen molar-refractivity contribution in [3.05, 3.63) is 0 Å². The van der Waals surface area contributed by atoms with Crippen molar-refractivity contribution in [1.82, 2.24) is 0 Å². The number of alkyl halides is 1. The lowest BCUT2D eigenvalue weighted by molar-refractivity contribution is 1.17. The van der Waals surface area contributed by atoms with Gasteiger partial charge in [0.15, 0.2) is 0 Å². The fraction of sp³-hybridized carbons (Fsp3) is 1.00. The summed E-state index contributed by atoms with van der Waals surface area (Å²) in [4.78, 5) is 0. The predicted octanol–water partition coefficient (Wildman–Crippen LogP) is 3.47. The molecule has 0 aromatic carbocycles. The molecule has 0 aromatic rings. The van der Waals surface area contributed by atoms with Gasteiger partial charge in [-0.25, -0.2) is 0 Å². The summed E-state index contributed by atoms with van der Waals surface area (Å²) in [5.41, 5.74) is 0. The molecule has 0 rings (SSSR count). The molecule has 0 aliphatic carbocycles. The third-order valence-corrected chi connectivity index (χ3v) is 12.5. The van der Waals surface area contributed by atoms with Crippen LogP contribution >= 0.6 is 22.6 Å². The molecule has 0 aromatic heterocycles. The van der Waals surface area contributed by atoms with Crippen LogP contribution in [0.1, 0.15) is 20.8 Å². The van der Waals surface area contributed by atoms with E-state index in [0.717, 1.165) is 0 Å². The summed E-state index contributed by atoms with van der Waals surface area (Å²) in [5.74, 6) is 0. The number of halogens is 1. The number of rotatable bonds is 4. The van der Waals surface area contributed by atoms with E-state index in [4.69, 9.17) is 0 Å². The molecule has 0 aliphatic heterocycles. The van der Waals surface area contributed by atoms with E-state index >= 15 is 0 Å². The van der Waals surface area contributed by atoms with Gasteiger partial charge in [-0.05, 0) is 4.05 Å². The van der Waals surface area contributed by atoms with Crippen LogP contribution in [0.15, 0.2) is 0 Å². The fourth-order valence-electron chi connectivity index (χ4n) is 1.03. The maximum absolute atomic E-state index is 2.56. The predicted molar refractivity (Wildman–Crippen MR) is 56.1 cm³/mol. The van der Waals surface area contributed by atoms with Gasteiger partial charge in [0, 0.05) is 0 Å². The van der Waals surface area contributed by atoms with Gasteiger partial charge in [0.25, 0.3) is 0 Å². The van der Waals surface area contributed by atoms with E-state index in [1.54, 1.807) is 0 Å². The molecule has 0 spiro atoms. The second-order valence-electron chi connectivity index (χ2n) is 2.69. The van der Waals surface area contributed by atoms with Gasteiger partial charge in [-0.1, -0.05) is 61.5 Å². The van der Waals surface area contributed by atoms with Crippen molar-refractivity contribution in [2.45, 2.75) is 38.9 Å². The van der Waals surface area contributed by atoms with E-state index in [0.29, 0.717) is 0 Å². The van der Waals surface area contributed by atoms with Crippen LogP contribution in [0, 0.1) is 0 Å². The SMILES string of the molecule is CC[Si](CC)(CC)CI. The third-order valence-electron chi connectivity index (χ3n) is 2.53. The normalized spacial score (nSPS) is 12.0. The highest BCUT2D eigenvalue weighted by Crippen LogP contribution is 2.21. The zero-order valence-electron chi connectivity index (χ0n) is 6.71. The Morgan fingerprint density at radius 1 is 1.00 bits per heavy atom. The molecule has 9 heavy (non-hydrogen) atoms. The molecule has 0 unspecified atom stereocenters. The van der Waals surface area contributed by atoms with Crippen LogP contribution in [0.25, 0.3) is 0 Å². The van der Waals surface area contributed by atoms with Gasteiger partial charge in [0.1, 0.15) is 0 Å². The molecule has 56 valence electrons. The first-order chi connectivity index (χ1) is 4.24. The Labute approximate surface area is 73.6 Å². The molecule has 0 N–H and O–H groups in total. The molecule has 0 aliphatic rings. The highest BCUT2D eigenvalue weighted by atomic mass is 127. The average Bonchev–Trinajstić information content (AvgIpc) is 1.95. The van der Waals surface area contributed by atoms with Crippen molar-refractivity contribution < 1.29 is 0 Å². The summed E-state index contributed by atoms with van der Waals surface area (Å²) in [7, 11) is -0.705. The van der Waals surface area contributed by atoms with Crippen molar-refractivity contribution >= 4 is 30.7 Å². The minimum absolute atomic E-state index is 0.705. The van der Waals surface area contributed by atoms with E-state index in [9.17, 15) is 0 Å². The van der Waals surface area contributed by atoms with Gasteiger partial charge in [-0.2, -0.15) is 0 Å². The van der Waals surface area contributed by atoms with Crippen LogP contribution in [0.4, 0.5) is 0 Å². The van der Waals surface area contributed by atoms with Gasteiger partial charge in [0.05, 0.1) is 8.07 Å². The molecule has 0 heterocycles. The average molecular weight is 256 g/mol. The Morgan fingerprint density at radius 3 is 1.33 bits per heavy atom. The molecule has 0 atom stereocenters. The number of hydrogen-bond donors (Lipinski definition) is 0. The Balaban J connectivity index is 3.82. The molecule has 0 saturated carbocycles. The van der Waals surface area contributed by atoms with Crippen LogP contribution in [-0.4, -0.2) is 12.1 Å². The minimum atomic E-state index is -0.705. The lowest BCUT2D eigenvalue weighted by atomic mass is 10.9. The molecular weight excluding hydrogens is 239 g/mol. The van der Waals surface area contributed by atoms with Crippen LogP contribution in [-0.2, 0) is 0 Å². The standard InChI is InChI=1S/C7H17ISi/c1-4-9(5-2,6-3)7-8/h4-7H2,1-3H3. The van der Waals surface area contributed by atoms with E-state index in [-0.39, 0.29) is 0 Å². The summed E-state index contributed by atoms with van der Waals surface area (Å²) in [5, 5.41) is 0. The van der Waals surface area contributed by atoms with Crippen molar-refractivity contribution in [3.63, 3.8) is 0 Å². The monoisotopic (exact) mass is 256 g/mol. The van der Waals surface area contributed by atoms with E-state index < -0.39 is 8.07 Å². The maximum atomic E-state index is 2.56. The van der Waals surface area contributed by atoms with Gasteiger partial charge in [-0.3, -0.25) is 0 Å². The van der Waals surface area contributed by atoms with E-state index in [1.165, 1.54) is 22.2 Å². The minimum Gasteiger partial charge on any atom is -0.0897 e. The summed E-state index contributed by atoms with van der Waals surface area (Å²) < 4.78 is 1.45. The highest BCUT2D eigenvalue weighted by molar-refractivity contribution is 14.1. The van der Waals surface area contributed by atoms with Gasteiger partial charge < -0.3 is 0 Å². The summed E-state index contributed by atoms with van der Waals surface area (Å²) in [6.07, 6.45) is 0. The third kappa shape index (κ3) is 2.58. The fourth-order valence-corrected chi connectivity index (χ4v) is 7.95. The summed E-state index contributed by atoms with van der Waals surface area (Å²) in [6.45, 7) is 7.08. The summed E-state index contributed by atoms with van der Waals surface area (Å²) in [6, 6.07) is 4.43. The molecule has 0 amide bonds. The quantitative estimate of drug-likeness (QED) is 0.410. The van der Waals surface area contributed by atoms with Crippen LogP contribution < -0.4 is 0 Å². The van der Waals surface area contributed by atoms with Crippen molar-refractivity contribution in [3.8, 4) is 0 Å². The lowest BCUT2D eigenvalue weighted by Crippen LogP contribution is -2.33. The smallest absolute Gasteiger partial charge is 0.0631 e. The van der Waals surface area contributed by atoms with Crippen molar-refractivity contribution in [1.29, 1.82) is 0 Å². The van der Waals surface area contributed by atoms with Crippen molar-refractivity contribution in [2.24, 2.45) is 0 Å². The molecule has 2 heteroatoms. The van der Waals surface area contributed by atoms with Crippen LogP contribution in [0.5, 0.6) is 0 Å². The molecule has 0 nitrogen and oxygen atoms in total. The molecule has 0 saturated heterocycles. The largest absolute Gasteiger partial charge is 0.0897 e. The van der Waals surface area contributed by atoms with E-state index in [1.807, 2.05) is 0 Å². The van der Waals surface area contributed by atoms with E-state index in [2.05, 4.69) is 43.4 Å². The molecule has 0 radical (unpaired) electrons. The zero-order chi connectivity index (χ0) is 7.33. The summed E-state index contributed by atoms with van der Waals surface area (Å²) >= 11 is 2.56. The topological polar surface area (TPSA) is 0 Å². The number of hydrogen-bond acceptors (Lipinski definition) is 0. The lowest BCUT2D eigenvalue weighted by Gasteiger charge is -2.24. The first kappa shape index (κ1) is 9.95. The van der Waals surface area contributed by atoms with Crippen LogP contribution in [0.3, 0.4) is 0 Å². The Kier molecular flexibility index (Phi) is 5.21. The second-order valence-corrected chi connectivity index (χ2v) is 10.4. The van der Waals surface area contributed by atoms with Gasteiger partial charge in [0.2, 0.25) is 0 Å². The Morgan fingerprint density at radius 2 is 1.33 bits per heavy atom. The molecule has 0 fully saturated rings. The first-order valence-electron chi connectivity index (χ1n) is 3.80. The maximum Gasteiger partial charge on any atom is 0.0631 e. The van der Waals surface area contributed by atoms with Gasteiger partial charge >= 0.3 is 0 Å². The molecular formula is C7H17ISi. The van der Waals surface area contributed by atoms with Crippen LogP contribution in [0.2, 0.25) is 18.1 Å². The highest BCUT2D eigenvalue weighted by Gasteiger charge is 2.24.